The smallest absolute Gasteiger partial charge is 0.131 e. The Morgan fingerprint density at radius 3 is 3.12 bits per heavy atom. The predicted molar refractivity (Wildman–Crippen MR) is 67.3 cm³/mol. The third-order valence-corrected chi connectivity index (χ3v) is 2.72. The zero-order valence-corrected chi connectivity index (χ0v) is 10.1. The van der Waals surface area contributed by atoms with Crippen LogP contribution in [0.3, 0.4) is 0 Å². The molecule has 0 bridgehead atoms. The normalized spacial score (nSPS) is 19.9. The van der Waals surface area contributed by atoms with E-state index < -0.39 is 0 Å². The Bertz CT molecular complexity index is 340. The number of hydrogen-bond acceptors (Lipinski definition) is 6. The van der Waals surface area contributed by atoms with Crippen LogP contribution in [0.2, 0.25) is 0 Å². The Morgan fingerprint density at radius 1 is 1.47 bits per heavy atom. The highest BCUT2D eigenvalue weighted by Gasteiger charge is 2.11. The maximum absolute atomic E-state index is 5.40. The predicted octanol–water partition coefficient (Wildman–Crippen LogP) is 0.309. The van der Waals surface area contributed by atoms with E-state index in [0.717, 1.165) is 44.4 Å². The van der Waals surface area contributed by atoms with Gasteiger partial charge < -0.3 is 20.7 Å². The number of hydrogen-bond donors (Lipinski definition) is 3. The summed E-state index contributed by atoms with van der Waals surface area (Å²) in [5, 5.41) is 9.68. The Hall–Kier alpha value is -1.40. The highest BCUT2D eigenvalue weighted by atomic mass is 16.5. The van der Waals surface area contributed by atoms with E-state index in [0.29, 0.717) is 6.04 Å². The van der Waals surface area contributed by atoms with E-state index in [9.17, 15) is 0 Å². The lowest BCUT2D eigenvalue weighted by Crippen LogP contribution is -2.42. The number of rotatable bonds is 5. The number of ether oxygens (including phenoxy) is 1. The molecular weight excluding hydrogens is 218 g/mol. The minimum atomic E-state index is 0.446. The van der Waals surface area contributed by atoms with Crippen molar-refractivity contribution in [3.05, 3.63) is 12.4 Å². The largest absolute Gasteiger partial charge is 0.379 e. The standard InChI is InChI=1S/C11H19N5O/c1-12-10-6-11(16-8-15-10)14-3-2-9-7-17-5-4-13-9/h6,8-9,13H,2-5,7H2,1H3,(H2,12,14,15,16). The fourth-order valence-electron chi connectivity index (χ4n) is 1.77. The summed E-state index contributed by atoms with van der Waals surface area (Å²) in [6.07, 6.45) is 2.58. The molecule has 6 heteroatoms. The molecule has 1 aliphatic rings. The van der Waals surface area contributed by atoms with Crippen LogP contribution in [0.5, 0.6) is 0 Å². The average molecular weight is 237 g/mol. The van der Waals surface area contributed by atoms with Crippen LogP contribution in [0, 0.1) is 0 Å². The molecule has 1 aliphatic heterocycles. The molecule has 0 spiro atoms. The lowest BCUT2D eigenvalue weighted by atomic mass is 10.2. The fraction of sp³-hybridized carbons (Fsp3) is 0.636. The molecule has 94 valence electrons. The van der Waals surface area contributed by atoms with Gasteiger partial charge in [-0.15, -0.1) is 0 Å². The number of nitrogens with zero attached hydrogens (tertiary/aromatic N) is 2. The molecule has 0 aliphatic carbocycles. The molecule has 6 nitrogen and oxygen atoms in total. The molecule has 17 heavy (non-hydrogen) atoms. The van der Waals surface area contributed by atoms with Gasteiger partial charge in [0, 0.05) is 32.2 Å². The van der Waals surface area contributed by atoms with Crippen LogP contribution >= 0.6 is 0 Å². The summed E-state index contributed by atoms with van der Waals surface area (Å²) >= 11 is 0. The van der Waals surface area contributed by atoms with Crippen LogP contribution in [0.15, 0.2) is 12.4 Å². The molecule has 0 aromatic carbocycles. The van der Waals surface area contributed by atoms with Gasteiger partial charge in [-0.2, -0.15) is 0 Å². The van der Waals surface area contributed by atoms with Crippen molar-refractivity contribution >= 4 is 11.6 Å². The molecule has 3 N–H and O–H groups in total. The van der Waals surface area contributed by atoms with Gasteiger partial charge in [0.05, 0.1) is 13.2 Å². The van der Waals surface area contributed by atoms with Crippen LogP contribution in [0.25, 0.3) is 0 Å². The first-order valence-corrected chi connectivity index (χ1v) is 5.93. The van der Waals surface area contributed by atoms with Crippen LogP contribution in [-0.2, 0) is 4.74 Å². The Labute approximate surface area is 101 Å². The molecule has 1 aromatic rings. The van der Waals surface area contributed by atoms with Crippen LogP contribution in [-0.4, -0.2) is 49.4 Å². The van der Waals surface area contributed by atoms with Crippen molar-refractivity contribution in [2.45, 2.75) is 12.5 Å². The van der Waals surface area contributed by atoms with Gasteiger partial charge in [0.25, 0.3) is 0 Å². The van der Waals surface area contributed by atoms with Crippen LogP contribution in [0.4, 0.5) is 11.6 Å². The second kappa shape index (κ2) is 6.36. The second-order valence-corrected chi connectivity index (χ2v) is 3.98. The maximum atomic E-state index is 5.40. The van der Waals surface area contributed by atoms with E-state index in [-0.39, 0.29) is 0 Å². The minimum absolute atomic E-state index is 0.446. The molecule has 2 rings (SSSR count). The van der Waals surface area contributed by atoms with Gasteiger partial charge in [0.2, 0.25) is 0 Å². The Morgan fingerprint density at radius 2 is 2.35 bits per heavy atom. The third-order valence-electron chi connectivity index (χ3n) is 2.72. The first-order chi connectivity index (χ1) is 8.38. The van der Waals surface area contributed by atoms with Gasteiger partial charge in [-0.25, -0.2) is 9.97 Å². The topological polar surface area (TPSA) is 71.1 Å². The molecule has 1 unspecified atom stereocenters. The van der Waals surface area contributed by atoms with Gasteiger partial charge in [-0.3, -0.25) is 0 Å². The van der Waals surface area contributed by atoms with E-state index in [2.05, 4.69) is 25.9 Å². The average Bonchev–Trinajstić information content (AvgIpc) is 2.40. The molecule has 0 saturated carbocycles. The summed E-state index contributed by atoms with van der Waals surface area (Å²) in [7, 11) is 1.84. The SMILES string of the molecule is CNc1cc(NCCC2COCCN2)ncn1. The van der Waals surface area contributed by atoms with Gasteiger partial charge in [0.1, 0.15) is 18.0 Å². The van der Waals surface area contributed by atoms with Crippen molar-refractivity contribution in [2.24, 2.45) is 0 Å². The van der Waals surface area contributed by atoms with Crippen molar-refractivity contribution in [1.82, 2.24) is 15.3 Å². The van der Waals surface area contributed by atoms with Gasteiger partial charge in [-0.05, 0) is 6.42 Å². The number of aromatic nitrogens is 2. The Balaban J connectivity index is 1.73. The van der Waals surface area contributed by atoms with E-state index in [4.69, 9.17) is 4.74 Å². The van der Waals surface area contributed by atoms with E-state index in [1.54, 1.807) is 6.33 Å². The lowest BCUT2D eigenvalue weighted by Gasteiger charge is -2.23. The number of anilines is 2. The van der Waals surface area contributed by atoms with Crippen molar-refractivity contribution in [3.63, 3.8) is 0 Å². The zero-order valence-electron chi connectivity index (χ0n) is 10.1. The van der Waals surface area contributed by atoms with Gasteiger partial charge in [-0.1, -0.05) is 0 Å². The van der Waals surface area contributed by atoms with Crippen LogP contribution in [0.1, 0.15) is 6.42 Å². The summed E-state index contributed by atoms with van der Waals surface area (Å²) in [6, 6.07) is 2.34. The molecule has 1 saturated heterocycles. The number of nitrogens with one attached hydrogen (secondary N) is 3. The molecule has 1 fully saturated rings. The maximum Gasteiger partial charge on any atom is 0.131 e. The van der Waals surface area contributed by atoms with Gasteiger partial charge in [0.15, 0.2) is 0 Å². The fourth-order valence-corrected chi connectivity index (χ4v) is 1.77. The van der Waals surface area contributed by atoms with Crippen molar-refractivity contribution in [1.29, 1.82) is 0 Å². The minimum Gasteiger partial charge on any atom is -0.379 e. The van der Waals surface area contributed by atoms with Crippen molar-refractivity contribution < 1.29 is 4.74 Å². The van der Waals surface area contributed by atoms with E-state index >= 15 is 0 Å². The van der Waals surface area contributed by atoms with Crippen molar-refractivity contribution in [3.8, 4) is 0 Å². The van der Waals surface area contributed by atoms with Crippen molar-refractivity contribution in [2.75, 3.05) is 44.0 Å². The third kappa shape index (κ3) is 3.83. The molecule has 1 atom stereocenters. The van der Waals surface area contributed by atoms with Gasteiger partial charge >= 0.3 is 0 Å². The summed E-state index contributed by atoms with van der Waals surface area (Å²) in [5.41, 5.74) is 0. The first-order valence-electron chi connectivity index (χ1n) is 5.93. The molecule has 0 radical (unpaired) electrons. The summed E-state index contributed by atoms with van der Waals surface area (Å²) in [5.74, 6) is 1.67. The molecular formula is C11H19N5O. The monoisotopic (exact) mass is 237 g/mol. The molecule has 0 amide bonds. The lowest BCUT2D eigenvalue weighted by molar-refractivity contribution is 0.0753. The first kappa shape index (κ1) is 12.1. The summed E-state index contributed by atoms with van der Waals surface area (Å²) < 4.78 is 5.40. The highest BCUT2D eigenvalue weighted by molar-refractivity contribution is 5.45. The number of morpholine rings is 1. The second-order valence-electron chi connectivity index (χ2n) is 3.98. The quantitative estimate of drug-likeness (QED) is 0.684. The summed E-state index contributed by atoms with van der Waals surface area (Å²) in [4.78, 5) is 8.22. The Kier molecular flexibility index (Phi) is 4.52. The van der Waals surface area contributed by atoms with Crippen LogP contribution < -0.4 is 16.0 Å². The molecule has 2 heterocycles. The van der Waals surface area contributed by atoms with E-state index in [1.807, 2.05) is 13.1 Å². The highest BCUT2D eigenvalue weighted by Crippen LogP contribution is 2.08. The zero-order chi connectivity index (χ0) is 11.9. The van der Waals surface area contributed by atoms with E-state index in [1.165, 1.54) is 0 Å². The summed E-state index contributed by atoms with van der Waals surface area (Å²) in [6.45, 7) is 3.44. The molecule has 1 aromatic heterocycles.